The number of hydrogen-bond acceptors (Lipinski definition) is 5. The average Bonchev–Trinajstić information content (AvgIpc) is 2.95. The second-order valence-corrected chi connectivity index (χ2v) is 8.81. The molecule has 4 rings (SSSR count). The maximum atomic E-state index is 12.9. The van der Waals surface area contributed by atoms with E-state index < -0.39 is 5.25 Å². The number of nitriles is 1. The van der Waals surface area contributed by atoms with Crippen molar-refractivity contribution in [3.05, 3.63) is 52.7 Å². The van der Waals surface area contributed by atoms with E-state index in [1.54, 1.807) is 12.1 Å². The van der Waals surface area contributed by atoms with Gasteiger partial charge in [-0.05, 0) is 55.9 Å². The highest BCUT2D eigenvalue weighted by Gasteiger charge is 2.40. The van der Waals surface area contributed by atoms with Gasteiger partial charge in [0.05, 0.1) is 16.5 Å². The molecule has 6 heteroatoms. The number of aryl methyl sites for hydroxylation is 2. The Hall–Kier alpha value is -2.65. The van der Waals surface area contributed by atoms with Gasteiger partial charge in [0, 0.05) is 12.1 Å². The number of anilines is 1. The summed E-state index contributed by atoms with van der Waals surface area (Å²) < 4.78 is 0. The molecule has 0 N–H and O–H groups in total. The van der Waals surface area contributed by atoms with Crippen LogP contribution in [0.4, 0.5) is 5.69 Å². The molecular formula is C22H21N3O2S. The van der Waals surface area contributed by atoms with Crippen LogP contribution in [0, 0.1) is 24.2 Å². The summed E-state index contributed by atoms with van der Waals surface area (Å²) in [5.41, 5.74) is 4.31. The van der Waals surface area contributed by atoms with E-state index >= 15 is 0 Å². The van der Waals surface area contributed by atoms with Crippen molar-refractivity contribution < 1.29 is 9.59 Å². The standard InChI is InChI=1S/C22H21N3O2S/c1-13-3-6-17(7-4-13)25-20(26)11-19(22(25)27)28-21-16(12-23)10-15-9-14(2)5-8-18(15)24-21/h3-4,6-7,10,14,19H,5,8-9,11H2,1-2H3/t14-,19-/m0/s1. The summed E-state index contributed by atoms with van der Waals surface area (Å²) in [4.78, 5) is 31.4. The minimum atomic E-state index is -0.547. The number of carbonyl (C=O) groups is 2. The molecule has 2 amide bonds. The van der Waals surface area contributed by atoms with Crippen LogP contribution in [0.15, 0.2) is 35.4 Å². The first-order chi connectivity index (χ1) is 13.5. The summed E-state index contributed by atoms with van der Waals surface area (Å²) in [5.74, 6) is 0.143. The van der Waals surface area contributed by atoms with Gasteiger partial charge in [-0.1, -0.05) is 36.4 Å². The van der Waals surface area contributed by atoms with Crippen LogP contribution >= 0.6 is 11.8 Å². The van der Waals surface area contributed by atoms with Crippen molar-refractivity contribution >= 4 is 29.3 Å². The van der Waals surface area contributed by atoms with E-state index in [0.717, 1.165) is 36.1 Å². The zero-order chi connectivity index (χ0) is 19.8. The number of rotatable bonds is 3. The van der Waals surface area contributed by atoms with Crippen LogP contribution in [0.3, 0.4) is 0 Å². The molecule has 5 nitrogen and oxygen atoms in total. The summed E-state index contributed by atoms with van der Waals surface area (Å²) in [6.45, 7) is 4.17. The summed E-state index contributed by atoms with van der Waals surface area (Å²) in [6, 6.07) is 11.5. The Balaban J connectivity index is 1.60. The lowest BCUT2D eigenvalue weighted by molar-refractivity contribution is -0.121. The Kier molecular flexibility index (Phi) is 4.94. The van der Waals surface area contributed by atoms with Crippen molar-refractivity contribution in [3.63, 3.8) is 0 Å². The monoisotopic (exact) mass is 391 g/mol. The van der Waals surface area contributed by atoms with Crippen LogP contribution in [-0.2, 0) is 22.4 Å². The molecule has 0 radical (unpaired) electrons. The van der Waals surface area contributed by atoms with Gasteiger partial charge in [0.25, 0.3) is 0 Å². The number of nitrogens with zero attached hydrogens (tertiary/aromatic N) is 3. The highest BCUT2D eigenvalue weighted by Crippen LogP contribution is 2.36. The lowest BCUT2D eigenvalue weighted by atomic mass is 9.87. The fourth-order valence-electron chi connectivity index (χ4n) is 3.79. The van der Waals surface area contributed by atoms with E-state index in [1.807, 2.05) is 25.1 Å². The molecule has 0 bridgehead atoms. The molecule has 2 aliphatic rings. The summed E-state index contributed by atoms with van der Waals surface area (Å²) in [5, 5.41) is 9.58. The lowest BCUT2D eigenvalue weighted by Gasteiger charge is -2.22. The Labute approximate surface area is 168 Å². The van der Waals surface area contributed by atoms with Crippen LogP contribution < -0.4 is 4.90 Å². The molecule has 0 spiro atoms. The number of thioether (sulfide) groups is 1. The number of benzene rings is 1. The molecule has 1 saturated heterocycles. The molecule has 2 atom stereocenters. The van der Waals surface area contributed by atoms with Gasteiger partial charge in [0.15, 0.2) is 0 Å². The fourth-order valence-corrected chi connectivity index (χ4v) is 4.89. The van der Waals surface area contributed by atoms with Gasteiger partial charge in [-0.15, -0.1) is 0 Å². The number of aromatic nitrogens is 1. The third kappa shape index (κ3) is 3.43. The number of hydrogen-bond donors (Lipinski definition) is 0. The van der Waals surface area contributed by atoms with Crippen LogP contribution in [0.2, 0.25) is 0 Å². The molecule has 1 fully saturated rings. The predicted molar refractivity (Wildman–Crippen MR) is 108 cm³/mol. The molecule has 0 saturated carbocycles. The number of amides is 2. The maximum absolute atomic E-state index is 12.9. The Morgan fingerprint density at radius 1 is 1.21 bits per heavy atom. The molecule has 2 aromatic rings. The van der Waals surface area contributed by atoms with E-state index in [2.05, 4.69) is 13.0 Å². The highest BCUT2D eigenvalue weighted by molar-refractivity contribution is 8.00. The number of carbonyl (C=O) groups excluding carboxylic acids is 2. The number of fused-ring (bicyclic) bond motifs is 1. The van der Waals surface area contributed by atoms with E-state index in [4.69, 9.17) is 4.98 Å². The van der Waals surface area contributed by atoms with Gasteiger partial charge in [-0.2, -0.15) is 5.26 Å². The first-order valence-corrected chi connectivity index (χ1v) is 10.4. The average molecular weight is 391 g/mol. The topological polar surface area (TPSA) is 74.1 Å². The lowest BCUT2D eigenvalue weighted by Crippen LogP contribution is -2.31. The predicted octanol–water partition coefficient (Wildman–Crippen LogP) is 3.81. The molecule has 1 aliphatic carbocycles. The smallest absolute Gasteiger partial charge is 0.247 e. The number of pyridine rings is 1. The molecular weight excluding hydrogens is 370 g/mol. The summed E-state index contributed by atoms with van der Waals surface area (Å²) in [6.07, 6.45) is 3.03. The first kappa shape index (κ1) is 18.7. The van der Waals surface area contributed by atoms with Crippen molar-refractivity contribution in [3.8, 4) is 6.07 Å². The zero-order valence-corrected chi connectivity index (χ0v) is 16.8. The Morgan fingerprint density at radius 3 is 2.68 bits per heavy atom. The van der Waals surface area contributed by atoms with Crippen LogP contribution in [0.25, 0.3) is 0 Å². The van der Waals surface area contributed by atoms with Gasteiger partial charge < -0.3 is 0 Å². The molecule has 1 aliphatic heterocycles. The minimum Gasteiger partial charge on any atom is -0.274 e. The summed E-state index contributed by atoms with van der Waals surface area (Å²) in [7, 11) is 0. The van der Waals surface area contributed by atoms with E-state index in [1.165, 1.54) is 16.7 Å². The van der Waals surface area contributed by atoms with Crippen molar-refractivity contribution in [1.29, 1.82) is 5.26 Å². The zero-order valence-electron chi connectivity index (χ0n) is 15.9. The third-order valence-electron chi connectivity index (χ3n) is 5.37. The van der Waals surface area contributed by atoms with Gasteiger partial charge in [0.2, 0.25) is 11.8 Å². The summed E-state index contributed by atoms with van der Waals surface area (Å²) >= 11 is 1.24. The van der Waals surface area contributed by atoms with E-state index in [-0.39, 0.29) is 18.2 Å². The molecule has 142 valence electrons. The Bertz CT molecular complexity index is 994. The van der Waals surface area contributed by atoms with E-state index in [9.17, 15) is 14.9 Å². The van der Waals surface area contributed by atoms with Gasteiger partial charge in [-0.25, -0.2) is 9.88 Å². The SMILES string of the molecule is Cc1ccc(N2C(=O)C[C@H](Sc3nc4c(cc3C#N)C[C@@H](C)CC4)C2=O)cc1. The molecule has 1 aromatic heterocycles. The van der Waals surface area contributed by atoms with Gasteiger partial charge >= 0.3 is 0 Å². The van der Waals surface area contributed by atoms with Gasteiger partial charge in [-0.3, -0.25) is 9.59 Å². The number of imide groups is 1. The van der Waals surface area contributed by atoms with Crippen LogP contribution in [0.1, 0.15) is 42.1 Å². The van der Waals surface area contributed by atoms with Crippen molar-refractivity contribution in [1.82, 2.24) is 4.98 Å². The van der Waals surface area contributed by atoms with Gasteiger partial charge in [0.1, 0.15) is 11.1 Å². The largest absolute Gasteiger partial charge is 0.274 e. The van der Waals surface area contributed by atoms with Crippen LogP contribution in [0.5, 0.6) is 0 Å². The quantitative estimate of drug-likeness (QED) is 0.744. The molecule has 2 heterocycles. The first-order valence-electron chi connectivity index (χ1n) is 9.49. The fraction of sp³-hybridized carbons (Fsp3) is 0.364. The van der Waals surface area contributed by atoms with Crippen molar-refractivity contribution in [2.45, 2.75) is 49.8 Å². The molecule has 0 unspecified atom stereocenters. The third-order valence-corrected chi connectivity index (χ3v) is 6.56. The minimum absolute atomic E-state index is 0.123. The maximum Gasteiger partial charge on any atom is 0.247 e. The van der Waals surface area contributed by atoms with Crippen LogP contribution in [-0.4, -0.2) is 22.0 Å². The molecule has 1 aromatic carbocycles. The van der Waals surface area contributed by atoms with Crippen molar-refractivity contribution in [2.75, 3.05) is 4.90 Å². The second-order valence-electron chi connectivity index (χ2n) is 7.62. The normalized spacial score (nSPS) is 21.5. The molecule has 28 heavy (non-hydrogen) atoms. The highest BCUT2D eigenvalue weighted by atomic mass is 32.2. The van der Waals surface area contributed by atoms with E-state index in [0.29, 0.717) is 22.2 Å². The Morgan fingerprint density at radius 2 is 1.96 bits per heavy atom. The second kappa shape index (κ2) is 7.40. The van der Waals surface area contributed by atoms with Crippen molar-refractivity contribution in [2.24, 2.45) is 5.92 Å².